The summed E-state index contributed by atoms with van der Waals surface area (Å²) in [6.07, 6.45) is 1.73. The molecule has 6 nitrogen and oxygen atoms in total. The van der Waals surface area contributed by atoms with Crippen molar-refractivity contribution in [3.8, 4) is 5.69 Å². The van der Waals surface area contributed by atoms with E-state index in [4.69, 9.17) is 0 Å². The molecule has 2 amide bonds. The van der Waals surface area contributed by atoms with Gasteiger partial charge in [-0.1, -0.05) is 12.1 Å². The van der Waals surface area contributed by atoms with E-state index in [1.807, 2.05) is 43.3 Å². The average Bonchev–Trinajstić information content (AvgIpc) is 3.09. The van der Waals surface area contributed by atoms with E-state index >= 15 is 0 Å². The molecule has 0 radical (unpaired) electrons. The molecular formula is C20H19BrN4O2. The lowest BCUT2D eigenvalue weighted by Gasteiger charge is -2.17. The van der Waals surface area contributed by atoms with Gasteiger partial charge >= 0.3 is 0 Å². The number of benzene rings is 2. The van der Waals surface area contributed by atoms with Crippen LogP contribution in [0.25, 0.3) is 5.69 Å². The average molecular weight is 427 g/mol. The maximum atomic E-state index is 12.6. The lowest BCUT2D eigenvalue weighted by atomic mass is 10.2. The van der Waals surface area contributed by atoms with Crippen molar-refractivity contribution in [1.82, 2.24) is 14.7 Å². The van der Waals surface area contributed by atoms with Crippen LogP contribution in [0.1, 0.15) is 16.1 Å². The first-order valence-electron chi connectivity index (χ1n) is 8.36. The van der Waals surface area contributed by atoms with Gasteiger partial charge in [-0.2, -0.15) is 5.10 Å². The second-order valence-corrected chi connectivity index (χ2v) is 6.97. The number of aromatic nitrogens is 2. The van der Waals surface area contributed by atoms with Gasteiger partial charge in [0, 0.05) is 29.0 Å². The molecule has 1 aromatic heterocycles. The van der Waals surface area contributed by atoms with Crippen LogP contribution in [0, 0.1) is 6.92 Å². The maximum Gasteiger partial charge on any atom is 0.254 e. The van der Waals surface area contributed by atoms with Gasteiger partial charge in [0.05, 0.1) is 17.9 Å². The number of nitrogens with one attached hydrogen (secondary N) is 1. The predicted octanol–water partition coefficient (Wildman–Crippen LogP) is 3.65. The van der Waals surface area contributed by atoms with E-state index in [0.29, 0.717) is 11.3 Å². The molecule has 0 bridgehead atoms. The Kier molecular flexibility index (Phi) is 5.71. The lowest BCUT2D eigenvalue weighted by molar-refractivity contribution is -0.116. The zero-order valence-electron chi connectivity index (χ0n) is 15.0. The quantitative estimate of drug-likeness (QED) is 0.676. The molecule has 0 aliphatic rings. The highest BCUT2D eigenvalue weighted by Crippen LogP contribution is 2.21. The third kappa shape index (κ3) is 4.43. The van der Waals surface area contributed by atoms with Gasteiger partial charge in [0.25, 0.3) is 5.91 Å². The SMILES string of the molecule is Cc1ccnn1-c1ccc(C(=O)N(C)CC(=O)Nc2ccccc2Br)cc1. The van der Waals surface area contributed by atoms with Crippen molar-refractivity contribution in [2.45, 2.75) is 6.92 Å². The predicted molar refractivity (Wildman–Crippen MR) is 108 cm³/mol. The summed E-state index contributed by atoms with van der Waals surface area (Å²) in [5, 5.41) is 7.04. The van der Waals surface area contributed by atoms with E-state index in [-0.39, 0.29) is 18.4 Å². The Morgan fingerprint density at radius 3 is 2.44 bits per heavy atom. The van der Waals surface area contributed by atoms with Gasteiger partial charge in [-0.15, -0.1) is 0 Å². The zero-order valence-corrected chi connectivity index (χ0v) is 16.6. The molecule has 1 N–H and O–H groups in total. The van der Waals surface area contributed by atoms with Crippen molar-refractivity contribution in [3.63, 3.8) is 0 Å². The van der Waals surface area contributed by atoms with Crippen LogP contribution < -0.4 is 5.32 Å². The monoisotopic (exact) mass is 426 g/mol. The van der Waals surface area contributed by atoms with Crippen molar-refractivity contribution >= 4 is 33.4 Å². The topological polar surface area (TPSA) is 67.2 Å². The summed E-state index contributed by atoms with van der Waals surface area (Å²) in [5.74, 6) is -0.484. The molecule has 0 spiro atoms. The summed E-state index contributed by atoms with van der Waals surface area (Å²) in [6.45, 7) is 1.92. The van der Waals surface area contributed by atoms with Crippen LogP contribution in [0.15, 0.2) is 65.3 Å². The Labute approximate surface area is 165 Å². The summed E-state index contributed by atoms with van der Waals surface area (Å²) in [4.78, 5) is 26.2. The van der Waals surface area contributed by atoms with Crippen LogP contribution in [0.4, 0.5) is 5.69 Å². The number of rotatable bonds is 5. The molecule has 3 rings (SSSR count). The lowest BCUT2D eigenvalue weighted by Crippen LogP contribution is -2.35. The first kappa shape index (κ1) is 18.8. The molecule has 1 heterocycles. The highest BCUT2D eigenvalue weighted by Gasteiger charge is 2.16. The maximum absolute atomic E-state index is 12.6. The molecule has 0 saturated heterocycles. The Morgan fingerprint density at radius 1 is 1.11 bits per heavy atom. The first-order chi connectivity index (χ1) is 13.0. The number of carbonyl (C=O) groups excluding carboxylic acids is 2. The van der Waals surface area contributed by atoms with E-state index in [1.54, 1.807) is 36.1 Å². The summed E-state index contributed by atoms with van der Waals surface area (Å²) in [6, 6.07) is 16.4. The third-order valence-corrected chi connectivity index (χ3v) is 4.76. The number of para-hydroxylation sites is 1. The summed E-state index contributed by atoms with van der Waals surface area (Å²) >= 11 is 3.38. The number of nitrogens with zero attached hydrogens (tertiary/aromatic N) is 3. The van der Waals surface area contributed by atoms with E-state index in [2.05, 4.69) is 26.3 Å². The Hall–Kier alpha value is -2.93. The molecule has 0 aliphatic heterocycles. The van der Waals surface area contributed by atoms with Gasteiger partial charge in [0.2, 0.25) is 5.91 Å². The van der Waals surface area contributed by atoms with Crippen LogP contribution in [0.2, 0.25) is 0 Å². The molecule has 3 aromatic rings. The van der Waals surface area contributed by atoms with E-state index in [0.717, 1.165) is 15.9 Å². The summed E-state index contributed by atoms with van der Waals surface area (Å²) in [5.41, 5.74) is 3.07. The van der Waals surface area contributed by atoms with Gasteiger partial charge in [0.1, 0.15) is 0 Å². The van der Waals surface area contributed by atoms with E-state index in [1.165, 1.54) is 4.90 Å². The highest BCUT2D eigenvalue weighted by atomic mass is 79.9. The normalized spacial score (nSPS) is 10.5. The number of likely N-dealkylation sites (N-methyl/N-ethyl adjacent to an activating group) is 1. The number of amides is 2. The van der Waals surface area contributed by atoms with Crippen molar-refractivity contribution < 1.29 is 9.59 Å². The largest absolute Gasteiger partial charge is 0.332 e. The van der Waals surface area contributed by atoms with Gasteiger partial charge < -0.3 is 10.2 Å². The fourth-order valence-corrected chi connectivity index (χ4v) is 3.03. The van der Waals surface area contributed by atoms with Gasteiger partial charge in [-0.3, -0.25) is 9.59 Å². The van der Waals surface area contributed by atoms with Crippen LogP contribution in [-0.2, 0) is 4.79 Å². The minimum absolute atomic E-state index is 0.0415. The molecule has 2 aromatic carbocycles. The fourth-order valence-electron chi connectivity index (χ4n) is 2.64. The minimum Gasteiger partial charge on any atom is -0.332 e. The molecule has 7 heteroatoms. The summed E-state index contributed by atoms with van der Waals surface area (Å²) in [7, 11) is 1.60. The van der Waals surface area contributed by atoms with Crippen molar-refractivity contribution in [1.29, 1.82) is 0 Å². The zero-order chi connectivity index (χ0) is 19.4. The van der Waals surface area contributed by atoms with Gasteiger partial charge in [-0.05, 0) is 65.3 Å². The number of anilines is 1. The Balaban J connectivity index is 1.64. The van der Waals surface area contributed by atoms with Crippen molar-refractivity contribution in [2.75, 3.05) is 18.9 Å². The standard InChI is InChI=1S/C20H19BrN4O2/c1-14-11-12-22-25(14)16-9-7-15(8-10-16)20(27)24(2)13-19(26)23-18-6-4-3-5-17(18)21/h3-12H,13H2,1-2H3,(H,23,26). The second-order valence-electron chi connectivity index (χ2n) is 6.12. The van der Waals surface area contributed by atoms with Crippen LogP contribution in [0.3, 0.4) is 0 Å². The number of hydrogen-bond acceptors (Lipinski definition) is 3. The van der Waals surface area contributed by atoms with Crippen LogP contribution in [0.5, 0.6) is 0 Å². The number of halogens is 1. The molecule has 27 heavy (non-hydrogen) atoms. The van der Waals surface area contributed by atoms with Crippen molar-refractivity contribution in [2.24, 2.45) is 0 Å². The van der Waals surface area contributed by atoms with Crippen molar-refractivity contribution in [3.05, 3.63) is 76.5 Å². The van der Waals surface area contributed by atoms with Gasteiger partial charge in [0.15, 0.2) is 0 Å². The van der Waals surface area contributed by atoms with E-state index < -0.39 is 0 Å². The van der Waals surface area contributed by atoms with Gasteiger partial charge in [-0.25, -0.2) is 4.68 Å². The molecule has 0 fully saturated rings. The molecule has 0 unspecified atom stereocenters. The molecule has 0 aliphatic carbocycles. The minimum atomic E-state index is -0.262. The third-order valence-electron chi connectivity index (χ3n) is 4.07. The fraction of sp³-hybridized carbons (Fsp3) is 0.150. The van der Waals surface area contributed by atoms with E-state index in [9.17, 15) is 9.59 Å². The number of hydrogen-bond donors (Lipinski definition) is 1. The molecule has 0 atom stereocenters. The molecular weight excluding hydrogens is 408 g/mol. The Bertz CT molecular complexity index is 966. The van der Waals surface area contributed by atoms with Crippen LogP contribution >= 0.6 is 15.9 Å². The van der Waals surface area contributed by atoms with Crippen LogP contribution in [-0.4, -0.2) is 40.1 Å². The molecule has 0 saturated carbocycles. The highest BCUT2D eigenvalue weighted by molar-refractivity contribution is 9.10. The first-order valence-corrected chi connectivity index (χ1v) is 9.16. The Morgan fingerprint density at radius 2 is 1.81 bits per heavy atom. The number of aryl methyl sites for hydroxylation is 1. The molecule has 138 valence electrons. The summed E-state index contributed by atoms with van der Waals surface area (Å²) < 4.78 is 2.58. The number of carbonyl (C=O) groups is 2. The second kappa shape index (κ2) is 8.18. The smallest absolute Gasteiger partial charge is 0.254 e.